The normalized spacial score (nSPS) is 15.2. The molecule has 7 heteroatoms. The Bertz CT molecular complexity index is 872. The van der Waals surface area contributed by atoms with E-state index < -0.39 is 0 Å². The minimum atomic E-state index is -0.111. The number of amides is 1. The van der Waals surface area contributed by atoms with Crippen molar-refractivity contribution in [1.29, 1.82) is 0 Å². The number of nitrogens with one attached hydrogen (secondary N) is 1. The third kappa shape index (κ3) is 3.75. The molecule has 1 N–H and O–H groups in total. The second kappa shape index (κ2) is 7.90. The monoisotopic (exact) mass is 368 g/mol. The highest BCUT2D eigenvalue weighted by Gasteiger charge is 2.17. The molecule has 1 aliphatic heterocycles. The zero-order chi connectivity index (χ0) is 17.8. The molecule has 0 unspecified atom stereocenters. The maximum Gasteiger partial charge on any atom is 0.253 e. The van der Waals surface area contributed by atoms with Gasteiger partial charge in [-0.2, -0.15) is 0 Å². The van der Waals surface area contributed by atoms with Gasteiger partial charge in [0.25, 0.3) is 5.91 Å². The van der Waals surface area contributed by atoms with Crippen molar-refractivity contribution in [2.75, 3.05) is 39.4 Å². The molecule has 0 atom stereocenters. The molecular weight excluding hydrogens is 348 g/mol. The highest BCUT2D eigenvalue weighted by Crippen LogP contribution is 2.30. The van der Waals surface area contributed by atoms with Gasteiger partial charge in [-0.3, -0.25) is 14.7 Å². The van der Waals surface area contributed by atoms with Crippen molar-refractivity contribution < 1.29 is 9.53 Å². The number of benzene rings is 1. The number of fused-ring (bicyclic) bond motifs is 1. The van der Waals surface area contributed by atoms with E-state index >= 15 is 0 Å². The van der Waals surface area contributed by atoms with Crippen molar-refractivity contribution in [2.45, 2.75) is 0 Å². The molecule has 1 aliphatic rings. The minimum absolute atomic E-state index is 0.111. The van der Waals surface area contributed by atoms with Gasteiger partial charge in [0.1, 0.15) is 10.7 Å². The smallest absolute Gasteiger partial charge is 0.253 e. The molecular formula is C19H20N4O2S. The van der Waals surface area contributed by atoms with E-state index in [9.17, 15) is 4.79 Å². The molecule has 2 aromatic heterocycles. The summed E-state index contributed by atoms with van der Waals surface area (Å²) < 4.78 is 6.43. The minimum Gasteiger partial charge on any atom is -0.379 e. The van der Waals surface area contributed by atoms with Crippen LogP contribution in [-0.2, 0) is 4.74 Å². The van der Waals surface area contributed by atoms with Gasteiger partial charge in [0.2, 0.25) is 0 Å². The van der Waals surface area contributed by atoms with Crippen molar-refractivity contribution in [3.63, 3.8) is 0 Å². The summed E-state index contributed by atoms with van der Waals surface area (Å²) in [5.74, 6) is -0.111. The lowest BCUT2D eigenvalue weighted by atomic mass is 10.2. The number of carbonyl (C=O) groups excluding carboxylic acids is 1. The predicted octanol–water partition coefficient (Wildman–Crippen LogP) is 2.42. The van der Waals surface area contributed by atoms with E-state index in [2.05, 4.69) is 20.2 Å². The molecule has 1 amide bonds. The van der Waals surface area contributed by atoms with Gasteiger partial charge in [-0.1, -0.05) is 12.1 Å². The number of rotatable bonds is 5. The number of hydrogen-bond donors (Lipinski definition) is 1. The van der Waals surface area contributed by atoms with Crippen molar-refractivity contribution >= 4 is 27.5 Å². The van der Waals surface area contributed by atoms with E-state index in [1.807, 2.05) is 24.3 Å². The number of nitrogens with zero attached hydrogens (tertiary/aromatic N) is 3. The van der Waals surface area contributed by atoms with Crippen LogP contribution in [0.5, 0.6) is 0 Å². The lowest BCUT2D eigenvalue weighted by Gasteiger charge is -2.26. The van der Waals surface area contributed by atoms with Gasteiger partial charge >= 0.3 is 0 Å². The molecule has 0 bridgehead atoms. The first-order valence-electron chi connectivity index (χ1n) is 8.70. The van der Waals surface area contributed by atoms with Crippen LogP contribution in [0.25, 0.3) is 20.9 Å². The molecule has 1 saturated heterocycles. The van der Waals surface area contributed by atoms with Crippen LogP contribution in [0, 0.1) is 0 Å². The number of para-hydroxylation sites is 1. The standard InChI is InChI=1S/C19H20N4O2S/c24-18(21-8-9-23-10-12-25-13-11-23)14-4-3-7-20-17(14)19-22-15-5-1-2-6-16(15)26-19/h1-7H,8-13H2,(H,21,24). The van der Waals surface area contributed by atoms with E-state index in [1.165, 1.54) is 0 Å². The zero-order valence-corrected chi connectivity index (χ0v) is 15.2. The number of aromatic nitrogens is 2. The zero-order valence-electron chi connectivity index (χ0n) is 14.4. The molecule has 0 saturated carbocycles. The Kier molecular flexibility index (Phi) is 5.19. The maximum atomic E-state index is 12.7. The van der Waals surface area contributed by atoms with E-state index in [0.717, 1.165) is 48.1 Å². The van der Waals surface area contributed by atoms with E-state index in [-0.39, 0.29) is 5.91 Å². The van der Waals surface area contributed by atoms with Gasteiger partial charge in [0.15, 0.2) is 0 Å². The van der Waals surface area contributed by atoms with E-state index in [0.29, 0.717) is 17.8 Å². The summed E-state index contributed by atoms with van der Waals surface area (Å²) in [4.78, 5) is 24.0. The predicted molar refractivity (Wildman–Crippen MR) is 102 cm³/mol. The summed E-state index contributed by atoms with van der Waals surface area (Å²) in [5.41, 5.74) is 2.13. The van der Waals surface area contributed by atoms with Crippen LogP contribution in [0.15, 0.2) is 42.6 Å². The Labute approximate surface area is 155 Å². The highest BCUT2D eigenvalue weighted by molar-refractivity contribution is 7.21. The summed E-state index contributed by atoms with van der Waals surface area (Å²) in [7, 11) is 0. The molecule has 6 nitrogen and oxygen atoms in total. The Morgan fingerprint density at radius 3 is 2.88 bits per heavy atom. The van der Waals surface area contributed by atoms with Crippen LogP contribution in [0.3, 0.4) is 0 Å². The Morgan fingerprint density at radius 2 is 2.04 bits per heavy atom. The topological polar surface area (TPSA) is 67.4 Å². The van der Waals surface area contributed by atoms with Crippen molar-refractivity contribution in [3.05, 3.63) is 48.2 Å². The first-order chi connectivity index (χ1) is 12.8. The molecule has 26 heavy (non-hydrogen) atoms. The third-order valence-corrected chi connectivity index (χ3v) is 5.41. The summed E-state index contributed by atoms with van der Waals surface area (Å²) in [6.07, 6.45) is 1.70. The summed E-state index contributed by atoms with van der Waals surface area (Å²) in [6.45, 7) is 4.79. The molecule has 4 rings (SSSR count). The fourth-order valence-corrected chi connectivity index (χ4v) is 3.96. The molecule has 134 valence electrons. The van der Waals surface area contributed by atoms with Crippen LogP contribution >= 0.6 is 11.3 Å². The molecule has 0 aliphatic carbocycles. The largest absolute Gasteiger partial charge is 0.379 e. The fraction of sp³-hybridized carbons (Fsp3) is 0.316. The number of ether oxygens (including phenoxy) is 1. The van der Waals surface area contributed by atoms with E-state index in [4.69, 9.17) is 4.74 Å². The lowest BCUT2D eigenvalue weighted by molar-refractivity contribution is 0.0383. The van der Waals surface area contributed by atoms with Crippen molar-refractivity contribution in [2.24, 2.45) is 0 Å². The first kappa shape index (κ1) is 17.1. The molecule has 0 radical (unpaired) electrons. The van der Waals surface area contributed by atoms with Gasteiger partial charge in [0, 0.05) is 32.4 Å². The second-order valence-electron chi connectivity index (χ2n) is 6.10. The van der Waals surface area contributed by atoms with Gasteiger partial charge in [-0.15, -0.1) is 11.3 Å². The fourth-order valence-electron chi connectivity index (χ4n) is 2.98. The Hall–Kier alpha value is -2.35. The quantitative estimate of drug-likeness (QED) is 0.749. The van der Waals surface area contributed by atoms with Gasteiger partial charge < -0.3 is 10.1 Å². The molecule has 1 fully saturated rings. The van der Waals surface area contributed by atoms with Crippen LogP contribution in [0.4, 0.5) is 0 Å². The second-order valence-corrected chi connectivity index (χ2v) is 7.13. The number of thiazole rings is 1. The van der Waals surface area contributed by atoms with Crippen LogP contribution in [0.1, 0.15) is 10.4 Å². The van der Waals surface area contributed by atoms with Crippen molar-refractivity contribution in [1.82, 2.24) is 20.2 Å². The highest BCUT2D eigenvalue weighted by atomic mass is 32.1. The van der Waals surface area contributed by atoms with Gasteiger partial charge in [-0.05, 0) is 24.3 Å². The lowest BCUT2D eigenvalue weighted by Crippen LogP contribution is -2.41. The third-order valence-electron chi connectivity index (χ3n) is 4.37. The van der Waals surface area contributed by atoms with Crippen molar-refractivity contribution in [3.8, 4) is 10.7 Å². The van der Waals surface area contributed by atoms with Crippen LogP contribution in [0.2, 0.25) is 0 Å². The SMILES string of the molecule is O=C(NCCN1CCOCC1)c1cccnc1-c1nc2ccccc2s1. The van der Waals surface area contributed by atoms with E-state index in [1.54, 1.807) is 29.7 Å². The summed E-state index contributed by atoms with van der Waals surface area (Å²) >= 11 is 1.55. The Morgan fingerprint density at radius 1 is 1.19 bits per heavy atom. The number of hydrogen-bond acceptors (Lipinski definition) is 6. The van der Waals surface area contributed by atoms with Crippen LogP contribution in [-0.4, -0.2) is 60.2 Å². The van der Waals surface area contributed by atoms with Crippen LogP contribution < -0.4 is 5.32 Å². The first-order valence-corrected chi connectivity index (χ1v) is 9.52. The summed E-state index contributed by atoms with van der Waals surface area (Å²) in [5, 5.41) is 3.77. The number of morpholine rings is 1. The number of pyridine rings is 1. The molecule has 3 heterocycles. The average Bonchev–Trinajstić information content (AvgIpc) is 3.13. The van der Waals surface area contributed by atoms with Gasteiger partial charge in [0.05, 0.1) is 29.0 Å². The van der Waals surface area contributed by atoms with Gasteiger partial charge in [-0.25, -0.2) is 4.98 Å². The summed E-state index contributed by atoms with van der Waals surface area (Å²) in [6, 6.07) is 11.5. The average molecular weight is 368 g/mol. The number of carbonyl (C=O) groups is 1. The molecule has 3 aromatic rings. The maximum absolute atomic E-state index is 12.7. The molecule has 0 spiro atoms. The Balaban J connectivity index is 1.48. The molecule has 1 aromatic carbocycles.